The summed E-state index contributed by atoms with van der Waals surface area (Å²) >= 11 is 0. The van der Waals surface area contributed by atoms with Crippen LogP contribution in [0.25, 0.3) is 17.1 Å². The minimum atomic E-state index is -1.76. The zero-order valence-corrected chi connectivity index (χ0v) is 23.2. The Hall–Kier alpha value is -3.94. The molecule has 0 saturated carbocycles. The normalized spacial score (nSPS) is 13.5. The van der Waals surface area contributed by atoms with E-state index in [4.69, 9.17) is 14.2 Å². The number of nitrogens with zero attached hydrogens (tertiary/aromatic N) is 6. The van der Waals surface area contributed by atoms with Crippen molar-refractivity contribution in [3.63, 3.8) is 0 Å². The SMILES string of the molecule is COc1cccc(OC)c1-n1c(NS(=O)[C@H](C)[C@H](OCCO)c2ncc(C)cn2)nnc1-c1cncc(C)c1. The van der Waals surface area contributed by atoms with Crippen molar-refractivity contribution in [3.8, 4) is 28.6 Å². The minimum absolute atomic E-state index is 0.0303. The van der Waals surface area contributed by atoms with Gasteiger partial charge in [0.25, 0.3) is 0 Å². The molecule has 12 nitrogen and oxygen atoms in total. The molecule has 4 aromatic rings. The lowest BCUT2D eigenvalue weighted by atomic mass is 10.2. The van der Waals surface area contributed by atoms with Gasteiger partial charge in [0.1, 0.15) is 34.3 Å². The smallest absolute Gasteiger partial charge is 0.241 e. The lowest BCUT2D eigenvalue weighted by molar-refractivity contribution is 0.0234. The maximum absolute atomic E-state index is 13.7. The maximum Gasteiger partial charge on any atom is 0.241 e. The largest absolute Gasteiger partial charge is 0.494 e. The summed E-state index contributed by atoms with van der Waals surface area (Å²) in [5, 5.41) is 17.4. The predicted molar refractivity (Wildman–Crippen MR) is 146 cm³/mol. The van der Waals surface area contributed by atoms with Crippen molar-refractivity contribution in [1.82, 2.24) is 29.7 Å². The first-order valence-corrected chi connectivity index (χ1v) is 13.4. The lowest BCUT2D eigenvalue weighted by Crippen LogP contribution is -2.30. The second-order valence-electron chi connectivity index (χ2n) is 8.68. The third-order valence-corrected chi connectivity index (χ3v) is 7.13. The van der Waals surface area contributed by atoms with E-state index in [1.54, 1.807) is 68.7 Å². The van der Waals surface area contributed by atoms with Crippen LogP contribution in [0, 0.1) is 13.8 Å². The maximum atomic E-state index is 13.7. The van der Waals surface area contributed by atoms with Gasteiger partial charge in [-0.05, 0) is 50.1 Å². The van der Waals surface area contributed by atoms with Crippen LogP contribution in [-0.4, -0.2) is 71.7 Å². The number of benzene rings is 1. The van der Waals surface area contributed by atoms with Gasteiger partial charge >= 0.3 is 0 Å². The second-order valence-corrected chi connectivity index (χ2v) is 10.2. The number of ether oxygens (including phenoxy) is 3. The highest BCUT2D eigenvalue weighted by atomic mass is 32.2. The molecule has 3 heterocycles. The van der Waals surface area contributed by atoms with Crippen molar-refractivity contribution in [1.29, 1.82) is 0 Å². The van der Waals surface area contributed by atoms with Crippen molar-refractivity contribution in [2.45, 2.75) is 32.1 Å². The summed E-state index contributed by atoms with van der Waals surface area (Å²) in [5.41, 5.74) is 3.02. The van der Waals surface area contributed by atoms with Gasteiger partial charge in [0, 0.05) is 30.4 Å². The standard InChI is InChI=1S/C26H31N7O5S/c1-16-11-19(15-27-12-16)25-30-31-26(33(25)22-20(36-4)7-6-8-21(22)37-5)32-39(35)18(3)23(38-10-9-34)24-28-13-17(2)14-29-24/h6-8,11-15,18,23,34H,9-10H2,1-5H3,(H,31,32)/t18-,23+,39?/m1/s1. The van der Waals surface area contributed by atoms with Crippen LogP contribution in [0.1, 0.15) is 30.0 Å². The molecule has 0 amide bonds. The molecule has 1 aromatic carbocycles. The van der Waals surface area contributed by atoms with Crippen LogP contribution in [0.2, 0.25) is 0 Å². The molecule has 0 radical (unpaired) electrons. The van der Waals surface area contributed by atoms with Crippen molar-refractivity contribution >= 4 is 16.9 Å². The number of anilines is 1. The molecule has 0 fully saturated rings. The van der Waals surface area contributed by atoms with Crippen LogP contribution in [0.15, 0.2) is 49.1 Å². The van der Waals surface area contributed by atoms with E-state index in [2.05, 4.69) is 29.9 Å². The third-order valence-electron chi connectivity index (χ3n) is 5.82. The highest BCUT2D eigenvalue weighted by molar-refractivity contribution is 7.87. The Morgan fingerprint density at radius 3 is 2.33 bits per heavy atom. The molecule has 0 bridgehead atoms. The first-order valence-electron chi connectivity index (χ1n) is 12.1. The van der Waals surface area contributed by atoms with E-state index >= 15 is 0 Å². The number of nitrogens with one attached hydrogen (secondary N) is 1. The van der Waals surface area contributed by atoms with Crippen molar-refractivity contribution in [2.75, 3.05) is 32.2 Å². The second kappa shape index (κ2) is 12.7. The Morgan fingerprint density at radius 2 is 1.72 bits per heavy atom. The Balaban J connectivity index is 1.78. The van der Waals surface area contributed by atoms with E-state index in [0.29, 0.717) is 34.4 Å². The fourth-order valence-electron chi connectivity index (χ4n) is 3.92. The summed E-state index contributed by atoms with van der Waals surface area (Å²) in [7, 11) is 1.34. The average molecular weight is 554 g/mol. The van der Waals surface area contributed by atoms with Crippen LogP contribution in [-0.2, 0) is 15.7 Å². The van der Waals surface area contributed by atoms with E-state index in [-0.39, 0.29) is 19.2 Å². The molecule has 0 aliphatic rings. The molecule has 13 heteroatoms. The summed E-state index contributed by atoms with van der Waals surface area (Å²) in [6.07, 6.45) is 5.97. The molecule has 0 saturated heterocycles. The van der Waals surface area contributed by atoms with E-state index in [1.807, 2.05) is 19.9 Å². The Labute approximate surface area is 229 Å². The van der Waals surface area contributed by atoms with Crippen molar-refractivity contribution < 1.29 is 23.5 Å². The number of aryl methyl sites for hydroxylation is 2. The highest BCUT2D eigenvalue weighted by Gasteiger charge is 2.30. The zero-order chi connectivity index (χ0) is 27.9. The molecule has 206 valence electrons. The zero-order valence-electron chi connectivity index (χ0n) is 22.4. The first-order chi connectivity index (χ1) is 18.9. The molecule has 4 rings (SSSR count). The molecule has 3 atom stereocenters. The van der Waals surface area contributed by atoms with Gasteiger partial charge in [0.15, 0.2) is 11.6 Å². The Morgan fingerprint density at radius 1 is 1.03 bits per heavy atom. The van der Waals surface area contributed by atoms with E-state index in [1.165, 1.54) is 0 Å². The van der Waals surface area contributed by atoms with Gasteiger partial charge in [-0.15, -0.1) is 10.2 Å². The van der Waals surface area contributed by atoms with E-state index in [9.17, 15) is 9.32 Å². The number of hydrogen-bond donors (Lipinski definition) is 2. The average Bonchev–Trinajstić information content (AvgIpc) is 3.36. The van der Waals surface area contributed by atoms with Gasteiger partial charge in [-0.25, -0.2) is 14.2 Å². The van der Waals surface area contributed by atoms with Gasteiger partial charge < -0.3 is 19.3 Å². The number of aromatic nitrogens is 6. The van der Waals surface area contributed by atoms with Gasteiger partial charge in [-0.3, -0.25) is 14.3 Å². The van der Waals surface area contributed by atoms with Gasteiger partial charge in [0.2, 0.25) is 5.95 Å². The summed E-state index contributed by atoms with van der Waals surface area (Å²) in [6, 6.07) is 7.30. The van der Waals surface area contributed by atoms with Crippen LogP contribution >= 0.6 is 0 Å². The number of hydrogen-bond acceptors (Lipinski definition) is 10. The van der Waals surface area contributed by atoms with Crippen molar-refractivity contribution in [3.05, 3.63) is 66.0 Å². The molecular weight excluding hydrogens is 522 g/mol. The van der Waals surface area contributed by atoms with Crippen LogP contribution in [0.4, 0.5) is 5.95 Å². The summed E-state index contributed by atoms with van der Waals surface area (Å²) in [6.45, 7) is 5.37. The van der Waals surface area contributed by atoms with Gasteiger partial charge in [-0.2, -0.15) is 0 Å². The molecule has 0 spiro atoms. The number of pyridine rings is 1. The van der Waals surface area contributed by atoms with Crippen molar-refractivity contribution in [2.24, 2.45) is 0 Å². The fraction of sp³-hybridized carbons (Fsp3) is 0.346. The fourth-order valence-corrected chi connectivity index (χ4v) is 4.85. The monoisotopic (exact) mass is 553 g/mol. The quantitative estimate of drug-likeness (QED) is 0.268. The minimum Gasteiger partial charge on any atom is -0.494 e. The number of para-hydroxylation sites is 1. The first kappa shape index (κ1) is 28.1. The van der Waals surface area contributed by atoms with Crippen LogP contribution < -0.4 is 14.2 Å². The lowest BCUT2D eigenvalue weighted by Gasteiger charge is -2.23. The topological polar surface area (TPSA) is 146 Å². The number of rotatable bonds is 12. The molecule has 2 N–H and O–H groups in total. The highest BCUT2D eigenvalue weighted by Crippen LogP contribution is 2.38. The van der Waals surface area contributed by atoms with Gasteiger partial charge in [-0.1, -0.05) is 6.07 Å². The van der Waals surface area contributed by atoms with Crippen LogP contribution in [0.5, 0.6) is 11.5 Å². The third kappa shape index (κ3) is 6.21. The molecule has 39 heavy (non-hydrogen) atoms. The summed E-state index contributed by atoms with van der Waals surface area (Å²) < 4.78 is 35.5. The number of aliphatic hydroxyl groups excluding tert-OH is 1. The van der Waals surface area contributed by atoms with Gasteiger partial charge in [0.05, 0.1) is 32.7 Å². The molecule has 1 unspecified atom stereocenters. The summed E-state index contributed by atoms with van der Waals surface area (Å²) in [4.78, 5) is 13.0. The van der Waals surface area contributed by atoms with E-state index in [0.717, 1.165) is 11.1 Å². The van der Waals surface area contributed by atoms with E-state index < -0.39 is 22.3 Å². The Bertz CT molecular complexity index is 1410. The summed E-state index contributed by atoms with van der Waals surface area (Å²) in [5.74, 6) is 1.97. The number of aliphatic hydroxyl groups is 1. The molecule has 0 aliphatic heterocycles. The molecule has 0 aliphatic carbocycles. The molecule has 3 aromatic heterocycles. The predicted octanol–water partition coefficient (Wildman–Crippen LogP) is 2.97. The number of methoxy groups -OCH3 is 2. The molecular formula is C26H31N7O5S. The van der Waals surface area contributed by atoms with Crippen LogP contribution in [0.3, 0.4) is 0 Å². The Kier molecular flexibility index (Phi) is 9.17.